The lowest BCUT2D eigenvalue weighted by molar-refractivity contribution is 0.627. The first kappa shape index (κ1) is 12.8. The second kappa shape index (κ2) is 6.36. The van der Waals surface area contributed by atoms with Crippen LogP contribution in [0.2, 0.25) is 5.02 Å². The topological polar surface area (TPSA) is 26.0 Å². The molecule has 1 rings (SSSR count). The van der Waals surface area contributed by atoms with E-state index in [1.54, 1.807) is 17.8 Å². The molecular formula is C11H15ClFNS. The molecule has 1 atom stereocenters. The van der Waals surface area contributed by atoms with Crippen LogP contribution in [0, 0.1) is 11.7 Å². The molecule has 0 amide bonds. The van der Waals surface area contributed by atoms with Crippen LogP contribution < -0.4 is 5.73 Å². The zero-order valence-corrected chi connectivity index (χ0v) is 10.2. The number of nitrogens with two attached hydrogens (primary N) is 1. The van der Waals surface area contributed by atoms with Gasteiger partial charge in [0.25, 0.3) is 0 Å². The van der Waals surface area contributed by atoms with Crippen molar-refractivity contribution in [1.29, 1.82) is 0 Å². The van der Waals surface area contributed by atoms with Crippen molar-refractivity contribution in [2.45, 2.75) is 12.7 Å². The van der Waals surface area contributed by atoms with Gasteiger partial charge < -0.3 is 5.73 Å². The van der Waals surface area contributed by atoms with Crippen molar-refractivity contribution in [2.24, 2.45) is 11.7 Å². The fraction of sp³-hybridized carbons (Fsp3) is 0.455. The van der Waals surface area contributed by atoms with E-state index >= 15 is 0 Å². The Kier molecular flexibility index (Phi) is 5.43. The van der Waals surface area contributed by atoms with Crippen LogP contribution in [-0.2, 0) is 5.75 Å². The summed E-state index contributed by atoms with van der Waals surface area (Å²) < 4.78 is 13.1. The zero-order valence-electron chi connectivity index (χ0n) is 8.67. The van der Waals surface area contributed by atoms with E-state index in [0.717, 1.165) is 17.1 Å². The maximum atomic E-state index is 13.1. The molecule has 2 N–H and O–H groups in total. The molecule has 0 fully saturated rings. The smallest absolute Gasteiger partial charge is 0.142 e. The summed E-state index contributed by atoms with van der Waals surface area (Å²) >= 11 is 7.35. The van der Waals surface area contributed by atoms with E-state index in [-0.39, 0.29) is 10.8 Å². The Hall–Kier alpha value is -0.250. The normalized spacial score (nSPS) is 12.8. The molecule has 84 valence electrons. The summed E-state index contributed by atoms with van der Waals surface area (Å²) in [5.74, 6) is 1.97. The largest absolute Gasteiger partial charge is 0.330 e. The van der Waals surface area contributed by atoms with Crippen LogP contribution in [0.15, 0.2) is 18.2 Å². The molecule has 0 radical (unpaired) electrons. The molecular weight excluding hydrogens is 233 g/mol. The average molecular weight is 248 g/mol. The Morgan fingerprint density at radius 3 is 2.87 bits per heavy atom. The lowest BCUT2D eigenvalue weighted by atomic mass is 10.2. The standard InChI is InChI=1S/C11H15ClFNS/c1-8(5-14)6-15-7-9-2-3-10(12)11(13)4-9/h2-4,8H,5-7,14H2,1H3. The lowest BCUT2D eigenvalue weighted by Crippen LogP contribution is -2.12. The van der Waals surface area contributed by atoms with Crippen molar-refractivity contribution >= 4 is 23.4 Å². The van der Waals surface area contributed by atoms with Gasteiger partial charge in [0, 0.05) is 5.75 Å². The molecule has 0 bridgehead atoms. The van der Waals surface area contributed by atoms with Crippen LogP contribution >= 0.6 is 23.4 Å². The molecule has 1 nitrogen and oxygen atoms in total. The maximum Gasteiger partial charge on any atom is 0.142 e. The molecule has 0 saturated heterocycles. The highest BCUT2D eigenvalue weighted by atomic mass is 35.5. The summed E-state index contributed by atoms with van der Waals surface area (Å²) in [5, 5.41) is 0.180. The fourth-order valence-electron chi connectivity index (χ4n) is 1.08. The summed E-state index contributed by atoms with van der Waals surface area (Å²) in [6, 6.07) is 4.94. The monoisotopic (exact) mass is 247 g/mol. The predicted molar refractivity (Wildman–Crippen MR) is 65.8 cm³/mol. The van der Waals surface area contributed by atoms with Gasteiger partial charge in [0.05, 0.1) is 5.02 Å². The Bertz CT molecular complexity index is 319. The van der Waals surface area contributed by atoms with Crippen molar-refractivity contribution in [1.82, 2.24) is 0 Å². The van der Waals surface area contributed by atoms with E-state index in [1.165, 1.54) is 6.07 Å². The number of hydrogen-bond donors (Lipinski definition) is 1. The molecule has 0 aliphatic carbocycles. The number of thioether (sulfide) groups is 1. The zero-order chi connectivity index (χ0) is 11.3. The molecule has 0 aliphatic heterocycles. The summed E-state index contributed by atoms with van der Waals surface area (Å²) in [4.78, 5) is 0. The number of benzene rings is 1. The fourth-order valence-corrected chi connectivity index (χ4v) is 2.26. The van der Waals surface area contributed by atoms with Crippen molar-refractivity contribution in [2.75, 3.05) is 12.3 Å². The Morgan fingerprint density at radius 1 is 1.53 bits per heavy atom. The number of rotatable bonds is 5. The van der Waals surface area contributed by atoms with Gasteiger partial charge in [-0.1, -0.05) is 24.6 Å². The third-order valence-corrected chi connectivity index (χ3v) is 3.71. The van der Waals surface area contributed by atoms with Gasteiger partial charge in [-0.15, -0.1) is 0 Å². The van der Waals surface area contributed by atoms with Crippen molar-refractivity contribution in [3.63, 3.8) is 0 Å². The van der Waals surface area contributed by atoms with Crippen LogP contribution in [0.25, 0.3) is 0 Å². The molecule has 1 aromatic rings. The molecule has 0 spiro atoms. The quantitative estimate of drug-likeness (QED) is 0.864. The molecule has 0 heterocycles. The first-order valence-electron chi connectivity index (χ1n) is 4.85. The molecule has 0 aliphatic rings. The maximum absolute atomic E-state index is 13.1. The van der Waals surface area contributed by atoms with Crippen LogP contribution in [0.3, 0.4) is 0 Å². The van der Waals surface area contributed by atoms with E-state index in [1.807, 2.05) is 6.07 Å². The summed E-state index contributed by atoms with van der Waals surface area (Å²) in [5.41, 5.74) is 6.47. The number of halogens is 2. The van der Waals surface area contributed by atoms with Crippen molar-refractivity contribution in [3.8, 4) is 0 Å². The highest BCUT2D eigenvalue weighted by molar-refractivity contribution is 7.98. The van der Waals surface area contributed by atoms with Crippen LogP contribution in [-0.4, -0.2) is 12.3 Å². The van der Waals surface area contributed by atoms with Gasteiger partial charge in [-0.05, 0) is 35.9 Å². The highest BCUT2D eigenvalue weighted by Gasteiger charge is 2.03. The summed E-state index contributed by atoms with van der Waals surface area (Å²) in [6.07, 6.45) is 0. The molecule has 15 heavy (non-hydrogen) atoms. The predicted octanol–water partition coefficient (Wildman–Crippen LogP) is 3.31. The average Bonchev–Trinajstić information content (AvgIpc) is 2.23. The summed E-state index contributed by atoms with van der Waals surface area (Å²) in [6.45, 7) is 2.80. The Balaban J connectivity index is 2.41. The third-order valence-electron chi connectivity index (χ3n) is 2.06. The van der Waals surface area contributed by atoms with Gasteiger partial charge in [0.2, 0.25) is 0 Å². The SMILES string of the molecule is CC(CN)CSCc1ccc(Cl)c(F)c1. The van der Waals surface area contributed by atoms with Crippen molar-refractivity contribution < 1.29 is 4.39 Å². The summed E-state index contributed by atoms with van der Waals surface area (Å²) in [7, 11) is 0. The van der Waals surface area contributed by atoms with Crippen molar-refractivity contribution in [3.05, 3.63) is 34.6 Å². The van der Waals surface area contributed by atoms with Gasteiger partial charge >= 0.3 is 0 Å². The molecule has 1 unspecified atom stereocenters. The van der Waals surface area contributed by atoms with E-state index in [9.17, 15) is 4.39 Å². The molecule has 0 saturated carbocycles. The molecule has 1 aromatic carbocycles. The third kappa shape index (κ3) is 4.41. The Labute approximate surface area is 99.2 Å². The molecule has 0 aromatic heterocycles. The first-order valence-corrected chi connectivity index (χ1v) is 6.38. The van der Waals surface area contributed by atoms with Gasteiger partial charge in [0.1, 0.15) is 5.82 Å². The van der Waals surface area contributed by atoms with Gasteiger partial charge in [-0.25, -0.2) is 4.39 Å². The Morgan fingerprint density at radius 2 is 2.27 bits per heavy atom. The van der Waals surface area contributed by atoms with E-state index in [2.05, 4.69) is 6.92 Å². The van der Waals surface area contributed by atoms with Gasteiger partial charge in [-0.2, -0.15) is 11.8 Å². The second-order valence-corrected chi connectivity index (χ2v) is 5.04. The minimum atomic E-state index is -0.346. The van der Waals surface area contributed by atoms with E-state index in [0.29, 0.717) is 12.5 Å². The van der Waals surface area contributed by atoms with Crippen LogP contribution in [0.1, 0.15) is 12.5 Å². The number of hydrogen-bond acceptors (Lipinski definition) is 2. The minimum absolute atomic E-state index is 0.180. The van der Waals surface area contributed by atoms with Crippen LogP contribution in [0.4, 0.5) is 4.39 Å². The van der Waals surface area contributed by atoms with E-state index in [4.69, 9.17) is 17.3 Å². The van der Waals surface area contributed by atoms with Gasteiger partial charge in [-0.3, -0.25) is 0 Å². The highest BCUT2D eigenvalue weighted by Crippen LogP contribution is 2.20. The molecule has 4 heteroatoms. The van der Waals surface area contributed by atoms with Crippen LogP contribution in [0.5, 0.6) is 0 Å². The minimum Gasteiger partial charge on any atom is -0.330 e. The van der Waals surface area contributed by atoms with Gasteiger partial charge in [0.15, 0.2) is 0 Å². The second-order valence-electron chi connectivity index (χ2n) is 3.60. The first-order chi connectivity index (χ1) is 7.13. The van der Waals surface area contributed by atoms with E-state index < -0.39 is 0 Å². The lowest BCUT2D eigenvalue weighted by Gasteiger charge is -2.07.